The number of carbonyl (C=O) groups is 1. The van der Waals surface area contributed by atoms with Crippen LogP contribution in [-0.2, 0) is 11.0 Å². The van der Waals surface area contributed by atoms with Crippen LogP contribution in [0.4, 0.5) is 19.1 Å². The van der Waals surface area contributed by atoms with Crippen molar-refractivity contribution in [2.75, 3.05) is 5.32 Å². The fourth-order valence-electron chi connectivity index (χ4n) is 1.49. The van der Waals surface area contributed by atoms with Crippen molar-refractivity contribution in [1.29, 1.82) is 0 Å². The largest absolute Gasteiger partial charge is 0.481 e. The first-order valence-corrected chi connectivity index (χ1v) is 5.88. The van der Waals surface area contributed by atoms with Crippen molar-refractivity contribution in [3.05, 3.63) is 18.0 Å². The monoisotopic (exact) mass is 291 g/mol. The number of anilines is 1. The van der Waals surface area contributed by atoms with Gasteiger partial charge in [-0.15, -0.1) is 0 Å². The van der Waals surface area contributed by atoms with E-state index in [9.17, 15) is 18.0 Å². The standard InChI is InChI=1S/C12H16F3N3O2/c1-11(2,3)8(6-9(19)20)18-10-16-5-4-7(17-10)12(13,14)15/h4-5,8H,6H2,1-3H3,(H,19,20)(H,16,17,18). The number of alkyl halides is 3. The summed E-state index contributed by atoms with van der Waals surface area (Å²) in [4.78, 5) is 17.9. The zero-order valence-electron chi connectivity index (χ0n) is 11.3. The van der Waals surface area contributed by atoms with Crippen molar-refractivity contribution < 1.29 is 23.1 Å². The fourth-order valence-corrected chi connectivity index (χ4v) is 1.49. The van der Waals surface area contributed by atoms with Crippen molar-refractivity contribution >= 4 is 11.9 Å². The van der Waals surface area contributed by atoms with Crippen LogP contribution in [0.15, 0.2) is 12.3 Å². The molecule has 1 atom stereocenters. The number of carboxylic acids is 1. The molecule has 0 aliphatic heterocycles. The maximum atomic E-state index is 12.5. The summed E-state index contributed by atoms with van der Waals surface area (Å²) < 4.78 is 37.6. The lowest BCUT2D eigenvalue weighted by Gasteiger charge is -2.30. The molecule has 0 amide bonds. The van der Waals surface area contributed by atoms with E-state index in [0.29, 0.717) is 0 Å². The quantitative estimate of drug-likeness (QED) is 0.892. The van der Waals surface area contributed by atoms with E-state index in [2.05, 4.69) is 15.3 Å². The van der Waals surface area contributed by atoms with Gasteiger partial charge in [-0.25, -0.2) is 9.97 Å². The summed E-state index contributed by atoms with van der Waals surface area (Å²) in [7, 11) is 0. The first-order valence-electron chi connectivity index (χ1n) is 5.88. The SMILES string of the molecule is CC(C)(C)C(CC(=O)O)Nc1nccc(C(F)(F)F)n1. The Labute approximate surface area is 114 Å². The number of halogens is 3. The minimum atomic E-state index is -4.57. The molecule has 2 N–H and O–H groups in total. The molecule has 0 spiro atoms. The molecule has 0 fully saturated rings. The first-order chi connectivity index (χ1) is 9.00. The Hall–Kier alpha value is -1.86. The fraction of sp³-hybridized carbons (Fsp3) is 0.583. The van der Waals surface area contributed by atoms with E-state index in [1.807, 2.05) is 0 Å². The summed E-state index contributed by atoms with van der Waals surface area (Å²) in [6.45, 7) is 5.34. The zero-order chi connectivity index (χ0) is 15.6. The van der Waals surface area contributed by atoms with Crippen molar-refractivity contribution in [1.82, 2.24) is 9.97 Å². The topological polar surface area (TPSA) is 75.1 Å². The summed E-state index contributed by atoms with van der Waals surface area (Å²) in [6.07, 6.45) is -3.83. The third-order valence-electron chi connectivity index (χ3n) is 2.67. The summed E-state index contributed by atoms with van der Waals surface area (Å²) in [5.74, 6) is -1.29. The van der Waals surface area contributed by atoms with E-state index in [0.717, 1.165) is 12.3 Å². The second kappa shape index (κ2) is 5.64. The summed E-state index contributed by atoms with van der Waals surface area (Å²) >= 11 is 0. The Morgan fingerprint density at radius 2 is 2.00 bits per heavy atom. The van der Waals surface area contributed by atoms with Gasteiger partial charge in [0, 0.05) is 12.2 Å². The Bertz CT molecular complexity index is 484. The normalized spacial score (nSPS) is 13.9. The molecule has 0 bridgehead atoms. The molecule has 1 aromatic heterocycles. The van der Waals surface area contributed by atoms with E-state index in [-0.39, 0.29) is 12.4 Å². The number of aliphatic carboxylic acids is 1. The number of aromatic nitrogens is 2. The van der Waals surface area contributed by atoms with Crippen LogP contribution in [-0.4, -0.2) is 27.1 Å². The summed E-state index contributed by atoms with van der Waals surface area (Å²) in [5.41, 5.74) is -1.55. The lowest BCUT2D eigenvalue weighted by molar-refractivity contribution is -0.141. The molecule has 1 heterocycles. The average Bonchev–Trinajstić information content (AvgIpc) is 2.25. The van der Waals surface area contributed by atoms with Crippen LogP contribution in [0.25, 0.3) is 0 Å². The maximum Gasteiger partial charge on any atom is 0.433 e. The van der Waals surface area contributed by atoms with Gasteiger partial charge in [-0.1, -0.05) is 20.8 Å². The van der Waals surface area contributed by atoms with E-state index < -0.39 is 29.3 Å². The Kier molecular flexibility index (Phi) is 4.57. The predicted molar refractivity (Wildman–Crippen MR) is 66.2 cm³/mol. The highest BCUT2D eigenvalue weighted by Gasteiger charge is 2.33. The van der Waals surface area contributed by atoms with E-state index in [4.69, 9.17) is 5.11 Å². The number of nitrogens with one attached hydrogen (secondary N) is 1. The molecule has 0 aromatic carbocycles. The molecule has 0 saturated carbocycles. The van der Waals surface area contributed by atoms with Crippen LogP contribution in [0.3, 0.4) is 0 Å². The number of hydrogen-bond acceptors (Lipinski definition) is 4. The molecule has 8 heteroatoms. The van der Waals surface area contributed by atoms with Crippen molar-refractivity contribution in [2.24, 2.45) is 5.41 Å². The van der Waals surface area contributed by atoms with Gasteiger partial charge in [0.05, 0.1) is 6.42 Å². The summed E-state index contributed by atoms with van der Waals surface area (Å²) in [6, 6.07) is 0.164. The molecule has 1 rings (SSSR count). The number of nitrogens with zero attached hydrogens (tertiary/aromatic N) is 2. The molecule has 1 unspecified atom stereocenters. The lowest BCUT2D eigenvalue weighted by Crippen LogP contribution is -2.36. The van der Waals surface area contributed by atoms with E-state index in [1.54, 1.807) is 20.8 Å². The van der Waals surface area contributed by atoms with Gasteiger partial charge in [-0.05, 0) is 11.5 Å². The average molecular weight is 291 g/mol. The molecule has 0 aliphatic rings. The molecule has 0 aliphatic carbocycles. The predicted octanol–water partition coefficient (Wildman–Crippen LogP) is 2.80. The van der Waals surface area contributed by atoms with Gasteiger partial charge in [0.15, 0.2) is 0 Å². The van der Waals surface area contributed by atoms with E-state index >= 15 is 0 Å². The second-order valence-corrected chi connectivity index (χ2v) is 5.42. The van der Waals surface area contributed by atoms with Gasteiger partial charge >= 0.3 is 12.1 Å². The van der Waals surface area contributed by atoms with Crippen molar-refractivity contribution in [3.8, 4) is 0 Å². The zero-order valence-corrected chi connectivity index (χ0v) is 11.3. The van der Waals surface area contributed by atoms with Crippen LogP contribution >= 0.6 is 0 Å². The molecule has 20 heavy (non-hydrogen) atoms. The van der Waals surface area contributed by atoms with Gasteiger partial charge in [-0.3, -0.25) is 4.79 Å². The highest BCUT2D eigenvalue weighted by Crippen LogP contribution is 2.29. The molecule has 5 nitrogen and oxygen atoms in total. The number of rotatable bonds is 4. The second-order valence-electron chi connectivity index (χ2n) is 5.42. The third-order valence-corrected chi connectivity index (χ3v) is 2.67. The number of hydrogen-bond donors (Lipinski definition) is 2. The smallest absolute Gasteiger partial charge is 0.433 e. The molecule has 112 valence electrons. The molecule has 0 radical (unpaired) electrons. The van der Waals surface area contributed by atoms with E-state index in [1.165, 1.54) is 0 Å². The molecule has 0 saturated heterocycles. The van der Waals surface area contributed by atoms with Crippen LogP contribution < -0.4 is 5.32 Å². The van der Waals surface area contributed by atoms with Crippen molar-refractivity contribution in [3.63, 3.8) is 0 Å². The van der Waals surface area contributed by atoms with Crippen LogP contribution in [0.1, 0.15) is 32.9 Å². The molecular formula is C12H16F3N3O2. The van der Waals surface area contributed by atoms with Crippen LogP contribution in [0.5, 0.6) is 0 Å². The Balaban J connectivity index is 2.97. The number of carboxylic acid groups (broad SMARTS) is 1. The van der Waals surface area contributed by atoms with Gasteiger partial charge in [0.1, 0.15) is 5.69 Å². The Morgan fingerprint density at radius 3 is 2.45 bits per heavy atom. The highest BCUT2D eigenvalue weighted by atomic mass is 19.4. The van der Waals surface area contributed by atoms with Gasteiger partial charge in [0.2, 0.25) is 5.95 Å². The highest BCUT2D eigenvalue weighted by molar-refractivity contribution is 5.68. The van der Waals surface area contributed by atoms with Gasteiger partial charge < -0.3 is 10.4 Å². The van der Waals surface area contributed by atoms with Crippen LogP contribution in [0, 0.1) is 5.41 Å². The van der Waals surface area contributed by atoms with Crippen molar-refractivity contribution in [2.45, 2.75) is 39.4 Å². The minimum Gasteiger partial charge on any atom is -0.481 e. The minimum absolute atomic E-state index is 0.235. The third kappa shape index (κ3) is 4.67. The summed E-state index contributed by atoms with van der Waals surface area (Å²) in [5, 5.41) is 11.5. The Morgan fingerprint density at radius 1 is 1.40 bits per heavy atom. The molecule has 1 aromatic rings. The lowest BCUT2D eigenvalue weighted by atomic mass is 9.85. The van der Waals surface area contributed by atoms with Gasteiger partial charge in [0.25, 0.3) is 0 Å². The van der Waals surface area contributed by atoms with Crippen LogP contribution in [0.2, 0.25) is 0 Å². The van der Waals surface area contributed by atoms with Gasteiger partial charge in [-0.2, -0.15) is 13.2 Å². The first kappa shape index (κ1) is 16.2. The maximum absolute atomic E-state index is 12.5. The molecular weight excluding hydrogens is 275 g/mol.